The van der Waals surface area contributed by atoms with E-state index >= 15 is 0 Å². The number of hydrogen-bond acceptors (Lipinski definition) is 3. The smallest absolute Gasteiger partial charge is 0.254 e. The van der Waals surface area contributed by atoms with Gasteiger partial charge in [0.05, 0.1) is 19.8 Å². The Morgan fingerprint density at radius 1 is 1.10 bits per heavy atom. The molecular weight excluding hydrogens is 273 g/mol. The van der Waals surface area contributed by atoms with Crippen molar-refractivity contribution in [1.82, 2.24) is 5.32 Å². The second-order valence-electron chi connectivity index (χ2n) is 4.35. The fourth-order valence-corrected chi connectivity index (χ4v) is 1.91. The third-order valence-electron chi connectivity index (χ3n) is 3.02. The fourth-order valence-electron chi connectivity index (χ4n) is 1.91. The summed E-state index contributed by atoms with van der Waals surface area (Å²) in [5, 5.41) is 2.67. The van der Waals surface area contributed by atoms with Crippen molar-refractivity contribution >= 4 is 5.91 Å². The van der Waals surface area contributed by atoms with Crippen LogP contribution in [0.3, 0.4) is 0 Å². The summed E-state index contributed by atoms with van der Waals surface area (Å²) < 4.78 is 23.8. The van der Waals surface area contributed by atoms with Gasteiger partial charge < -0.3 is 14.8 Å². The molecule has 1 amide bonds. The van der Waals surface area contributed by atoms with Crippen LogP contribution in [0.5, 0.6) is 11.5 Å². The molecule has 0 bridgehead atoms. The molecule has 0 saturated heterocycles. The summed E-state index contributed by atoms with van der Waals surface area (Å²) in [6.07, 6.45) is 0. The van der Waals surface area contributed by atoms with Crippen molar-refractivity contribution in [2.24, 2.45) is 0 Å². The van der Waals surface area contributed by atoms with Gasteiger partial charge in [-0.2, -0.15) is 0 Å². The monoisotopic (exact) mass is 289 g/mol. The van der Waals surface area contributed by atoms with Crippen molar-refractivity contribution in [3.63, 3.8) is 0 Å². The van der Waals surface area contributed by atoms with Gasteiger partial charge in [0.2, 0.25) is 0 Å². The molecule has 0 atom stereocenters. The van der Waals surface area contributed by atoms with E-state index in [9.17, 15) is 9.18 Å². The van der Waals surface area contributed by atoms with E-state index in [0.29, 0.717) is 11.5 Å². The van der Waals surface area contributed by atoms with Crippen LogP contribution in [-0.4, -0.2) is 20.1 Å². The van der Waals surface area contributed by atoms with E-state index in [1.165, 1.54) is 12.1 Å². The van der Waals surface area contributed by atoms with E-state index < -0.39 is 11.7 Å². The summed E-state index contributed by atoms with van der Waals surface area (Å²) in [7, 11) is 3.09. The average molecular weight is 289 g/mol. The lowest BCUT2D eigenvalue weighted by Crippen LogP contribution is -2.23. The number of nitrogens with one attached hydrogen (secondary N) is 1. The van der Waals surface area contributed by atoms with Gasteiger partial charge >= 0.3 is 0 Å². The van der Waals surface area contributed by atoms with Crippen LogP contribution in [0.15, 0.2) is 42.5 Å². The fraction of sp³-hybridized carbons (Fsp3) is 0.188. The molecule has 4 nitrogen and oxygen atoms in total. The van der Waals surface area contributed by atoms with E-state index in [4.69, 9.17) is 9.47 Å². The van der Waals surface area contributed by atoms with Crippen LogP contribution < -0.4 is 14.8 Å². The lowest BCUT2D eigenvalue weighted by Gasteiger charge is -2.10. The van der Waals surface area contributed by atoms with Crippen LogP contribution in [0.25, 0.3) is 0 Å². The molecule has 0 aliphatic heterocycles. The van der Waals surface area contributed by atoms with Crippen molar-refractivity contribution in [1.29, 1.82) is 0 Å². The van der Waals surface area contributed by atoms with E-state index in [1.54, 1.807) is 38.5 Å². The van der Waals surface area contributed by atoms with E-state index in [0.717, 1.165) is 5.56 Å². The highest BCUT2D eigenvalue weighted by molar-refractivity contribution is 5.94. The summed E-state index contributed by atoms with van der Waals surface area (Å²) >= 11 is 0. The first-order valence-electron chi connectivity index (χ1n) is 6.39. The van der Waals surface area contributed by atoms with E-state index in [-0.39, 0.29) is 12.1 Å². The number of hydrogen-bond donors (Lipinski definition) is 1. The number of methoxy groups -OCH3 is 2. The summed E-state index contributed by atoms with van der Waals surface area (Å²) in [6.45, 7) is 0.271. The van der Waals surface area contributed by atoms with Crippen LogP contribution >= 0.6 is 0 Å². The largest absolute Gasteiger partial charge is 0.493 e. The molecular formula is C16H16FNO3. The second kappa shape index (κ2) is 6.74. The summed E-state index contributed by atoms with van der Waals surface area (Å²) in [5.41, 5.74) is 0.857. The Morgan fingerprint density at radius 2 is 1.81 bits per heavy atom. The molecule has 5 heteroatoms. The zero-order chi connectivity index (χ0) is 15.2. The topological polar surface area (TPSA) is 47.6 Å². The second-order valence-corrected chi connectivity index (χ2v) is 4.35. The molecule has 0 radical (unpaired) electrons. The molecule has 0 aromatic heterocycles. The van der Waals surface area contributed by atoms with Gasteiger partial charge in [0.1, 0.15) is 5.82 Å². The Balaban J connectivity index is 2.06. The zero-order valence-corrected chi connectivity index (χ0v) is 11.9. The number of carbonyl (C=O) groups excluding carboxylic acids is 1. The van der Waals surface area contributed by atoms with Crippen molar-refractivity contribution in [3.8, 4) is 11.5 Å². The standard InChI is InChI=1S/C16H16FNO3/c1-20-14-8-7-11(9-15(14)21-2)10-18-16(19)12-5-3-4-6-13(12)17/h3-9H,10H2,1-2H3,(H,18,19). The van der Waals surface area contributed by atoms with Gasteiger partial charge in [-0.15, -0.1) is 0 Å². The molecule has 0 aliphatic carbocycles. The third kappa shape index (κ3) is 3.51. The average Bonchev–Trinajstić information content (AvgIpc) is 2.52. The number of rotatable bonds is 5. The molecule has 2 rings (SSSR count). The summed E-state index contributed by atoms with van der Waals surface area (Å²) in [5.74, 6) is 0.196. The number of carbonyl (C=O) groups is 1. The lowest BCUT2D eigenvalue weighted by molar-refractivity contribution is 0.0947. The first-order chi connectivity index (χ1) is 10.2. The molecule has 0 aliphatic rings. The van der Waals surface area contributed by atoms with E-state index in [1.807, 2.05) is 6.07 Å². The predicted molar refractivity (Wildman–Crippen MR) is 77.1 cm³/mol. The highest BCUT2D eigenvalue weighted by atomic mass is 19.1. The minimum atomic E-state index is -0.540. The number of amides is 1. The van der Waals surface area contributed by atoms with Crippen molar-refractivity contribution in [2.75, 3.05) is 14.2 Å². The van der Waals surface area contributed by atoms with Crippen LogP contribution in [-0.2, 0) is 6.54 Å². The van der Waals surface area contributed by atoms with Gasteiger partial charge in [-0.1, -0.05) is 18.2 Å². The van der Waals surface area contributed by atoms with E-state index in [2.05, 4.69) is 5.32 Å². The highest BCUT2D eigenvalue weighted by Gasteiger charge is 2.11. The Labute approximate surface area is 122 Å². The Hall–Kier alpha value is -2.56. The maximum absolute atomic E-state index is 13.5. The van der Waals surface area contributed by atoms with Crippen LogP contribution in [0.1, 0.15) is 15.9 Å². The van der Waals surface area contributed by atoms with Crippen molar-refractivity contribution in [3.05, 3.63) is 59.4 Å². The summed E-state index contributed by atoms with van der Waals surface area (Å²) in [4.78, 5) is 11.9. The first kappa shape index (κ1) is 14.8. The predicted octanol–water partition coefficient (Wildman–Crippen LogP) is 2.77. The normalized spacial score (nSPS) is 10.0. The van der Waals surface area contributed by atoms with Crippen molar-refractivity contribution in [2.45, 2.75) is 6.54 Å². The Morgan fingerprint density at radius 3 is 2.48 bits per heavy atom. The lowest BCUT2D eigenvalue weighted by atomic mass is 10.1. The van der Waals surface area contributed by atoms with Crippen LogP contribution in [0, 0.1) is 5.82 Å². The number of ether oxygens (including phenoxy) is 2. The maximum atomic E-state index is 13.5. The zero-order valence-electron chi connectivity index (χ0n) is 11.9. The Kier molecular flexibility index (Phi) is 4.77. The van der Waals surface area contributed by atoms with Crippen LogP contribution in [0.4, 0.5) is 4.39 Å². The SMILES string of the molecule is COc1ccc(CNC(=O)c2ccccc2F)cc1OC. The van der Waals surface area contributed by atoms with Crippen LogP contribution in [0.2, 0.25) is 0 Å². The molecule has 2 aromatic carbocycles. The maximum Gasteiger partial charge on any atom is 0.254 e. The highest BCUT2D eigenvalue weighted by Crippen LogP contribution is 2.27. The number of halogens is 1. The van der Waals surface area contributed by atoms with Gasteiger partial charge in [0.25, 0.3) is 5.91 Å². The van der Waals surface area contributed by atoms with Gasteiger partial charge in [-0.05, 0) is 29.8 Å². The quantitative estimate of drug-likeness (QED) is 0.920. The molecule has 110 valence electrons. The van der Waals surface area contributed by atoms with Gasteiger partial charge in [0, 0.05) is 6.54 Å². The molecule has 0 fully saturated rings. The third-order valence-corrected chi connectivity index (χ3v) is 3.02. The molecule has 1 N–H and O–H groups in total. The minimum Gasteiger partial charge on any atom is -0.493 e. The molecule has 0 unspecified atom stereocenters. The molecule has 0 spiro atoms. The van der Waals surface area contributed by atoms with Gasteiger partial charge in [-0.3, -0.25) is 4.79 Å². The minimum absolute atomic E-state index is 0.0259. The molecule has 0 saturated carbocycles. The van der Waals surface area contributed by atoms with Gasteiger partial charge in [0.15, 0.2) is 11.5 Å². The van der Waals surface area contributed by atoms with Gasteiger partial charge in [-0.25, -0.2) is 4.39 Å². The number of benzene rings is 2. The molecule has 21 heavy (non-hydrogen) atoms. The molecule has 2 aromatic rings. The van der Waals surface area contributed by atoms with Crippen molar-refractivity contribution < 1.29 is 18.7 Å². The first-order valence-corrected chi connectivity index (χ1v) is 6.39. The molecule has 0 heterocycles. The Bertz CT molecular complexity index is 643. The summed E-state index contributed by atoms with van der Waals surface area (Å²) in [6, 6.07) is 11.2.